The molecule has 4 nitrogen and oxygen atoms in total. The predicted molar refractivity (Wildman–Crippen MR) is 104 cm³/mol. The summed E-state index contributed by atoms with van der Waals surface area (Å²) in [5.41, 5.74) is -0.650. The highest BCUT2D eigenvalue weighted by atomic mass is 16.3. The van der Waals surface area contributed by atoms with Gasteiger partial charge in [-0.15, -0.1) is 0 Å². The maximum Gasteiger partial charge on any atom is 0.228 e. The Balaban J connectivity index is 1.43. The van der Waals surface area contributed by atoms with Gasteiger partial charge in [-0.25, -0.2) is 0 Å². The number of hydrogen-bond acceptors (Lipinski definition) is 3. The maximum atomic E-state index is 13.5. The molecule has 5 rings (SSSR count). The number of hydrogen-bond donors (Lipinski definition) is 1. The molecule has 0 aromatic heterocycles. The van der Waals surface area contributed by atoms with Gasteiger partial charge in [-0.1, -0.05) is 26.2 Å². The molecule has 0 radical (unpaired) electrons. The van der Waals surface area contributed by atoms with Crippen molar-refractivity contribution in [3.8, 4) is 0 Å². The minimum absolute atomic E-state index is 0.214. The van der Waals surface area contributed by atoms with Crippen molar-refractivity contribution < 1.29 is 9.90 Å². The second kappa shape index (κ2) is 6.48. The summed E-state index contributed by atoms with van der Waals surface area (Å²) >= 11 is 0. The molecule has 5 aliphatic carbocycles. The average molecular weight is 363 g/mol. The Morgan fingerprint density at radius 2 is 1.77 bits per heavy atom. The molecule has 0 aromatic rings. The Labute approximate surface area is 159 Å². The van der Waals surface area contributed by atoms with E-state index in [9.17, 15) is 9.90 Å². The third-order valence-corrected chi connectivity index (χ3v) is 8.44. The zero-order chi connectivity index (χ0) is 18.6. The lowest BCUT2D eigenvalue weighted by Gasteiger charge is -2.64. The monoisotopic (exact) mass is 362 g/mol. The molecule has 26 heavy (non-hydrogen) atoms. The van der Waals surface area contributed by atoms with Crippen LogP contribution in [0, 0.1) is 16.7 Å². The van der Waals surface area contributed by atoms with Crippen LogP contribution in [0.5, 0.6) is 0 Å². The van der Waals surface area contributed by atoms with E-state index in [0.29, 0.717) is 24.3 Å². The lowest BCUT2D eigenvalue weighted by Crippen LogP contribution is -2.64. The molecule has 4 unspecified atom stereocenters. The van der Waals surface area contributed by atoms with Crippen LogP contribution in [0.2, 0.25) is 0 Å². The predicted octanol–water partition coefficient (Wildman–Crippen LogP) is 3.43. The smallest absolute Gasteiger partial charge is 0.228 e. The molecule has 5 fully saturated rings. The van der Waals surface area contributed by atoms with Gasteiger partial charge in [-0.3, -0.25) is 4.79 Å². The standard InChI is InChI=1S/C22H38N2O2/c1-4-20-11-17-12-21(14-20,16-22(26,13-17)15-20)19(25)24(3)10-9-23(2)18-7-5-6-8-18/h17-18,26H,4-16H2,1-3H3. The molecule has 4 bridgehead atoms. The minimum atomic E-state index is -0.577. The van der Waals surface area contributed by atoms with Crippen LogP contribution in [0.15, 0.2) is 0 Å². The highest BCUT2D eigenvalue weighted by molar-refractivity contribution is 5.83. The van der Waals surface area contributed by atoms with Gasteiger partial charge in [0.15, 0.2) is 0 Å². The normalized spacial score (nSPS) is 42.0. The number of aliphatic hydroxyl groups is 1. The second-order valence-electron chi connectivity index (χ2n) is 10.5. The third kappa shape index (κ3) is 3.11. The molecular formula is C22H38N2O2. The van der Waals surface area contributed by atoms with Crippen molar-refractivity contribution in [3.63, 3.8) is 0 Å². The molecule has 1 N–H and O–H groups in total. The van der Waals surface area contributed by atoms with Crippen LogP contribution in [-0.2, 0) is 4.79 Å². The van der Waals surface area contributed by atoms with Crippen LogP contribution in [0.25, 0.3) is 0 Å². The summed E-state index contributed by atoms with van der Waals surface area (Å²) in [5.74, 6) is 0.868. The molecule has 0 saturated heterocycles. The van der Waals surface area contributed by atoms with E-state index in [0.717, 1.165) is 45.2 Å². The van der Waals surface area contributed by atoms with E-state index >= 15 is 0 Å². The van der Waals surface area contributed by atoms with Crippen molar-refractivity contribution in [1.29, 1.82) is 0 Å². The topological polar surface area (TPSA) is 43.8 Å². The fourth-order valence-corrected chi connectivity index (χ4v) is 7.56. The number of likely N-dealkylation sites (N-methyl/N-ethyl adjacent to an activating group) is 2. The zero-order valence-corrected chi connectivity index (χ0v) is 17.1. The van der Waals surface area contributed by atoms with Crippen LogP contribution >= 0.6 is 0 Å². The average Bonchev–Trinajstić information content (AvgIpc) is 3.11. The van der Waals surface area contributed by atoms with Gasteiger partial charge in [0.25, 0.3) is 0 Å². The summed E-state index contributed by atoms with van der Waals surface area (Å²) in [5, 5.41) is 11.2. The largest absolute Gasteiger partial charge is 0.390 e. The van der Waals surface area contributed by atoms with Crippen molar-refractivity contribution >= 4 is 5.91 Å². The Morgan fingerprint density at radius 3 is 2.42 bits per heavy atom. The first kappa shape index (κ1) is 18.7. The molecule has 0 spiro atoms. The quantitative estimate of drug-likeness (QED) is 0.787. The highest BCUT2D eigenvalue weighted by Crippen LogP contribution is 2.67. The van der Waals surface area contributed by atoms with E-state index in [4.69, 9.17) is 0 Å². The fourth-order valence-electron chi connectivity index (χ4n) is 7.56. The minimum Gasteiger partial charge on any atom is -0.390 e. The van der Waals surface area contributed by atoms with E-state index < -0.39 is 5.60 Å². The molecule has 4 heteroatoms. The van der Waals surface area contributed by atoms with Crippen molar-refractivity contribution in [1.82, 2.24) is 9.80 Å². The SMILES string of the molecule is CCC12CC3CC(O)(C1)CC(C(=O)N(C)CCN(C)C1CCCC1)(C3)C2. The molecular weight excluding hydrogens is 324 g/mol. The van der Waals surface area contributed by atoms with Crippen LogP contribution < -0.4 is 0 Å². The summed E-state index contributed by atoms with van der Waals surface area (Å²) in [6, 6.07) is 0.710. The first-order valence-corrected chi connectivity index (χ1v) is 11.0. The van der Waals surface area contributed by atoms with Gasteiger partial charge in [-0.2, -0.15) is 0 Å². The summed E-state index contributed by atoms with van der Waals surface area (Å²) in [6.45, 7) is 4.04. The molecule has 0 aromatic carbocycles. The van der Waals surface area contributed by atoms with Crippen molar-refractivity contribution in [2.75, 3.05) is 27.2 Å². The molecule has 5 aliphatic rings. The highest BCUT2D eigenvalue weighted by Gasteiger charge is 2.65. The van der Waals surface area contributed by atoms with Gasteiger partial charge < -0.3 is 14.9 Å². The second-order valence-corrected chi connectivity index (χ2v) is 10.5. The summed E-state index contributed by atoms with van der Waals surface area (Å²) < 4.78 is 0. The summed E-state index contributed by atoms with van der Waals surface area (Å²) in [6.07, 6.45) is 12.3. The van der Waals surface area contributed by atoms with Gasteiger partial charge >= 0.3 is 0 Å². The van der Waals surface area contributed by atoms with E-state index in [1.165, 1.54) is 32.1 Å². The van der Waals surface area contributed by atoms with Crippen molar-refractivity contribution in [3.05, 3.63) is 0 Å². The van der Waals surface area contributed by atoms with Crippen LogP contribution in [0.3, 0.4) is 0 Å². The summed E-state index contributed by atoms with van der Waals surface area (Å²) in [4.78, 5) is 18.0. The molecule has 5 saturated carbocycles. The summed E-state index contributed by atoms with van der Waals surface area (Å²) in [7, 11) is 4.21. The Bertz CT molecular complexity index is 560. The number of nitrogens with zero attached hydrogens (tertiary/aromatic N) is 2. The Hall–Kier alpha value is -0.610. The van der Waals surface area contributed by atoms with E-state index in [1.807, 2.05) is 11.9 Å². The van der Waals surface area contributed by atoms with Gasteiger partial charge in [-0.05, 0) is 69.7 Å². The Kier molecular flexibility index (Phi) is 4.67. The molecule has 4 atom stereocenters. The van der Waals surface area contributed by atoms with E-state index in [2.05, 4.69) is 18.9 Å². The molecule has 0 aliphatic heterocycles. The number of carbonyl (C=O) groups is 1. The number of amides is 1. The van der Waals surface area contributed by atoms with Gasteiger partial charge in [0.1, 0.15) is 0 Å². The van der Waals surface area contributed by atoms with Crippen molar-refractivity contribution in [2.45, 2.75) is 89.2 Å². The number of carbonyl (C=O) groups excluding carboxylic acids is 1. The number of rotatable bonds is 6. The van der Waals surface area contributed by atoms with Gasteiger partial charge in [0, 0.05) is 26.2 Å². The Morgan fingerprint density at radius 1 is 1.04 bits per heavy atom. The van der Waals surface area contributed by atoms with E-state index in [1.54, 1.807) is 0 Å². The molecule has 148 valence electrons. The third-order valence-electron chi connectivity index (χ3n) is 8.44. The molecule has 1 amide bonds. The van der Waals surface area contributed by atoms with Crippen LogP contribution in [0.4, 0.5) is 0 Å². The lowest BCUT2D eigenvalue weighted by molar-refractivity contribution is -0.209. The van der Waals surface area contributed by atoms with E-state index in [-0.39, 0.29) is 10.8 Å². The van der Waals surface area contributed by atoms with Gasteiger partial charge in [0.05, 0.1) is 11.0 Å². The zero-order valence-electron chi connectivity index (χ0n) is 17.1. The van der Waals surface area contributed by atoms with Crippen LogP contribution in [0.1, 0.15) is 77.6 Å². The first-order valence-electron chi connectivity index (χ1n) is 11.0. The lowest BCUT2D eigenvalue weighted by atomic mass is 9.42. The fraction of sp³-hybridized carbons (Fsp3) is 0.955. The first-order chi connectivity index (χ1) is 12.3. The molecule has 0 heterocycles. The van der Waals surface area contributed by atoms with Gasteiger partial charge in [0.2, 0.25) is 5.91 Å². The van der Waals surface area contributed by atoms with Crippen LogP contribution in [-0.4, -0.2) is 59.6 Å². The van der Waals surface area contributed by atoms with Crippen molar-refractivity contribution in [2.24, 2.45) is 16.7 Å². The maximum absolute atomic E-state index is 13.5.